The summed E-state index contributed by atoms with van der Waals surface area (Å²) in [5, 5.41) is 3.08. The molecule has 0 aromatic heterocycles. The van der Waals surface area contributed by atoms with Crippen molar-refractivity contribution < 1.29 is 4.39 Å². The molecular formula is C8H9BrFN. The van der Waals surface area contributed by atoms with Crippen LogP contribution < -0.4 is 5.32 Å². The molecule has 1 aromatic rings. The van der Waals surface area contributed by atoms with Gasteiger partial charge in [-0.1, -0.05) is 28.1 Å². The van der Waals surface area contributed by atoms with Crippen LogP contribution in [0, 0.1) is 5.82 Å². The lowest BCUT2D eigenvalue weighted by molar-refractivity contribution is 0.626. The molecule has 0 unspecified atom stereocenters. The second-order valence-corrected chi connectivity index (χ2v) is 2.75. The smallest absolute Gasteiger partial charge is 0.123 e. The summed E-state index contributed by atoms with van der Waals surface area (Å²) < 4.78 is 12.4. The Balaban J connectivity index is 2.52. The summed E-state index contributed by atoms with van der Waals surface area (Å²) in [6.45, 7) is 0.769. The van der Waals surface area contributed by atoms with Crippen LogP contribution in [0.4, 0.5) is 4.39 Å². The minimum atomic E-state index is -0.187. The molecule has 60 valence electrons. The van der Waals surface area contributed by atoms with Gasteiger partial charge in [-0.15, -0.1) is 0 Å². The van der Waals surface area contributed by atoms with Crippen LogP contribution in [0.2, 0.25) is 0 Å². The summed E-state index contributed by atoms with van der Waals surface area (Å²) in [6.07, 6.45) is 0. The van der Waals surface area contributed by atoms with Crippen LogP contribution in [0.5, 0.6) is 0 Å². The Hall–Kier alpha value is -0.410. The highest BCUT2D eigenvalue weighted by molar-refractivity contribution is 9.09. The maximum absolute atomic E-state index is 12.4. The molecule has 0 radical (unpaired) electrons. The van der Waals surface area contributed by atoms with E-state index >= 15 is 0 Å². The minimum absolute atomic E-state index is 0.187. The molecule has 0 heterocycles. The molecule has 0 aliphatic heterocycles. The average molecular weight is 218 g/mol. The van der Waals surface area contributed by atoms with Gasteiger partial charge < -0.3 is 5.32 Å². The molecule has 0 fully saturated rings. The van der Waals surface area contributed by atoms with E-state index in [0.29, 0.717) is 0 Å². The van der Waals surface area contributed by atoms with Crippen LogP contribution in [0.1, 0.15) is 5.56 Å². The first-order chi connectivity index (χ1) is 5.33. The third kappa shape index (κ3) is 2.99. The molecule has 0 amide bonds. The third-order valence-corrected chi connectivity index (χ3v) is 1.73. The summed E-state index contributed by atoms with van der Waals surface area (Å²) >= 11 is 3.24. The van der Waals surface area contributed by atoms with E-state index in [0.717, 1.165) is 17.6 Å². The van der Waals surface area contributed by atoms with E-state index in [1.165, 1.54) is 12.1 Å². The number of rotatable bonds is 3. The van der Waals surface area contributed by atoms with Crippen molar-refractivity contribution in [1.29, 1.82) is 0 Å². The first-order valence-corrected chi connectivity index (χ1v) is 4.46. The third-order valence-electron chi connectivity index (χ3n) is 1.34. The number of halogens is 2. The van der Waals surface area contributed by atoms with Crippen LogP contribution >= 0.6 is 15.9 Å². The van der Waals surface area contributed by atoms with Gasteiger partial charge in [0.15, 0.2) is 0 Å². The largest absolute Gasteiger partial charge is 0.303 e. The number of hydrogen-bond acceptors (Lipinski definition) is 1. The fourth-order valence-electron chi connectivity index (χ4n) is 0.794. The monoisotopic (exact) mass is 217 g/mol. The SMILES string of the molecule is Fc1ccc(CNCBr)cc1. The quantitative estimate of drug-likeness (QED) is 0.606. The molecule has 0 bridgehead atoms. The van der Waals surface area contributed by atoms with E-state index in [2.05, 4.69) is 21.2 Å². The Bertz CT molecular complexity index is 210. The molecule has 1 nitrogen and oxygen atoms in total. The molecule has 11 heavy (non-hydrogen) atoms. The molecule has 0 aliphatic carbocycles. The number of alkyl halides is 1. The zero-order valence-corrected chi connectivity index (χ0v) is 7.57. The molecule has 0 aliphatic rings. The van der Waals surface area contributed by atoms with E-state index < -0.39 is 0 Å². The maximum Gasteiger partial charge on any atom is 0.123 e. The Morgan fingerprint density at radius 2 is 1.91 bits per heavy atom. The van der Waals surface area contributed by atoms with E-state index in [9.17, 15) is 4.39 Å². The second-order valence-electron chi connectivity index (χ2n) is 2.19. The number of nitrogens with one attached hydrogen (secondary N) is 1. The van der Waals surface area contributed by atoms with Gasteiger partial charge in [-0.2, -0.15) is 0 Å². The number of benzene rings is 1. The van der Waals surface area contributed by atoms with Crippen LogP contribution in [0.3, 0.4) is 0 Å². The van der Waals surface area contributed by atoms with Gasteiger partial charge in [0.1, 0.15) is 5.82 Å². The lowest BCUT2D eigenvalue weighted by atomic mass is 10.2. The predicted molar refractivity (Wildman–Crippen MR) is 47.0 cm³/mol. The summed E-state index contributed by atoms with van der Waals surface area (Å²) in [5.74, 6) is -0.187. The number of hydrogen-bond donors (Lipinski definition) is 1. The molecule has 0 atom stereocenters. The highest BCUT2D eigenvalue weighted by atomic mass is 79.9. The summed E-state index contributed by atoms with van der Waals surface area (Å²) in [5.41, 5.74) is 1.84. The molecule has 1 N–H and O–H groups in total. The van der Waals surface area contributed by atoms with Gasteiger partial charge in [-0.3, -0.25) is 0 Å². The van der Waals surface area contributed by atoms with Crippen LogP contribution in [0.25, 0.3) is 0 Å². The lowest BCUT2D eigenvalue weighted by Crippen LogP contribution is -2.09. The lowest BCUT2D eigenvalue weighted by Gasteiger charge is -1.99. The summed E-state index contributed by atoms with van der Waals surface area (Å²) in [4.78, 5) is 0. The van der Waals surface area contributed by atoms with Crippen molar-refractivity contribution in [2.75, 3.05) is 5.45 Å². The molecule has 3 heteroatoms. The van der Waals surface area contributed by atoms with Crippen LogP contribution in [0.15, 0.2) is 24.3 Å². The average Bonchev–Trinajstić information content (AvgIpc) is 2.04. The van der Waals surface area contributed by atoms with Gasteiger partial charge in [0.2, 0.25) is 0 Å². The normalized spacial score (nSPS) is 10.0. The fraction of sp³-hybridized carbons (Fsp3) is 0.250. The fourth-order valence-corrected chi connectivity index (χ4v) is 0.992. The molecule has 0 saturated heterocycles. The first-order valence-electron chi connectivity index (χ1n) is 3.34. The van der Waals surface area contributed by atoms with Crippen molar-refractivity contribution in [2.45, 2.75) is 6.54 Å². The van der Waals surface area contributed by atoms with Gasteiger partial charge in [0.05, 0.1) is 5.45 Å². The zero-order valence-electron chi connectivity index (χ0n) is 5.98. The van der Waals surface area contributed by atoms with E-state index in [4.69, 9.17) is 0 Å². The van der Waals surface area contributed by atoms with E-state index in [1.54, 1.807) is 12.1 Å². The Labute approximate surface area is 73.7 Å². The zero-order chi connectivity index (χ0) is 8.10. The van der Waals surface area contributed by atoms with Crippen molar-refractivity contribution in [3.05, 3.63) is 35.6 Å². The molecular weight excluding hydrogens is 209 g/mol. The predicted octanol–water partition coefficient (Wildman–Crippen LogP) is 2.27. The molecule has 1 aromatic carbocycles. The summed E-state index contributed by atoms with van der Waals surface area (Å²) in [6, 6.07) is 6.46. The van der Waals surface area contributed by atoms with Crippen molar-refractivity contribution >= 4 is 15.9 Å². The van der Waals surface area contributed by atoms with Gasteiger partial charge in [-0.05, 0) is 17.7 Å². The summed E-state index contributed by atoms with van der Waals surface area (Å²) in [7, 11) is 0. The van der Waals surface area contributed by atoms with Gasteiger partial charge >= 0.3 is 0 Å². The molecule has 1 rings (SSSR count). The van der Waals surface area contributed by atoms with Gasteiger partial charge in [0, 0.05) is 6.54 Å². The second kappa shape index (κ2) is 4.46. The van der Waals surface area contributed by atoms with E-state index in [1.807, 2.05) is 0 Å². The standard InChI is InChI=1S/C8H9BrFN/c9-6-11-5-7-1-3-8(10)4-2-7/h1-4,11H,5-6H2. The van der Waals surface area contributed by atoms with Gasteiger partial charge in [-0.25, -0.2) is 4.39 Å². The Kier molecular flexibility index (Phi) is 3.52. The topological polar surface area (TPSA) is 12.0 Å². The Morgan fingerprint density at radius 1 is 1.27 bits per heavy atom. The van der Waals surface area contributed by atoms with Crippen LogP contribution in [-0.4, -0.2) is 5.45 Å². The van der Waals surface area contributed by atoms with Crippen molar-refractivity contribution in [3.63, 3.8) is 0 Å². The van der Waals surface area contributed by atoms with Crippen molar-refractivity contribution in [3.8, 4) is 0 Å². The maximum atomic E-state index is 12.4. The minimum Gasteiger partial charge on any atom is -0.303 e. The van der Waals surface area contributed by atoms with Crippen molar-refractivity contribution in [1.82, 2.24) is 5.32 Å². The highest BCUT2D eigenvalue weighted by Gasteiger charge is 1.91. The van der Waals surface area contributed by atoms with Crippen molar-refractivity contribution in [2.24, 2.45) is 0 Å². The van der Waals surface area contributed by atoms with Gasteiger partial charge in [0.25, 0.3) is 0 Å². The Morgan fingerprint density at radius 3 is 2.45 bits per heavy atom. The first kappa shape index (κ1) is 8.68. The highest BCUT2D eigenvalue weighted by Crippen LogP contribution is 2.01. The molecule has 0 spiro atoms. The molecule has 0 saturated carbocycles. The van der Waals surface area contributed by atoms with Crippen LogP contribution in [-0.2, 0) is 6.54 Å². The van der Waals surface area contributed by atoms with E-state index in [-0.39, 0.29) is 5.82 Å².